The topological polar surface area (TPSA) is 112 Å². The Morgan fingerprint density at radius 3 is 2.26 bits per heavy atom. The molecule has 0 radical (unpaired) electrons. The van der Waals surface area contributed by atoms with Gasteiger partial charge in [0.25, 0.3) is 17.4 Å². The van der Waals surface area contributed by atoms with Crippen LogP contribution >= 0.6 is 11.6 Å². The Bertz CT molecular complexity index is 1190. The molecule has 0 aliphatic carbocycles. The molecule has 2 amide bonds. The number of amides is 2. The Morgan fingerprint density at radius 1 is 1.04 bits per heavy atom. The number of imide groups is 1. The molecule has 136 valence electrons. The van der Waals surface area contributed by atoms with Crippen LogP contribution in [-0.2, 0) is 0 Å². The minimum Gasteiger partial charge on any atom is -0.384 e. The number of nitrogens with two attached hydrogens (primary N) is 1. The number of hydrogen-bond acceptors (Lipinski definition) is 5. The van der Waals surface area contributed by atoms with Crippen LogP contribution in [0.1, 0.15) is 32.1 Å². The molecule has 0 fully saturated rings. The van der Waals surface area contributed by atoms with Crippen LogP contribution < -0.4 is 16.6 Å². The van der Waals surface area contributed by atoms with Crippen molar-refractivity contribution >= 4 is 29.2 Å². The van der Waals surface area contributed by atoms with Crippen molar-refractivity contribution in [3.05, 3.63) is 68.2 Å². The van der Waals surface area contributed by atoms with Crippen molar-refractivity contribution in [1.29, 1.82) is 0 Å². The van der Waals surface area contributed by atoms with Crippen LogP contribution in [0.5, 0.6) is 0 Å². The fraction of sp³-hybridized carbons (Fsp3) is 0.111. The summed E-state index contributed by atoms with van der Waals surface area (Å²) in [5, 5.41) is 7.11. The summed E-state index contributed by atoms with van der Waals surface area (Å²) in [6.07, 6.45) is 0. The lowest BCUT2D eigenvalue weighted by atomic mass is 10.1. The number of nitrogens with one attached hydrogen (secondary N) is 1. The molecule has 27 heavy (non-hydrogen) atoms. The van der Waals surface area contributed by atoms with Gasteiger partial charge in [-0.05, 0) is 38.1 Å². The third kappa shape index (κ3) is 2.45. The van der Waals surface area contributed by atoms with E-state index in [2.05, 4.69) is 10.4 Å². The van der Waals surface area contributed by atoms with Gasteiger partial charge in [0.2, 0.25) is 0 Å². The zero-order chi connectivity index (χ0) is 19.5. The van der Waals surface area contributed by atoms with E-state index < -0.39 is 17.4 Å². The average Bonchev–Trinajstić information content (AvgIpc) is 3.06. The molecule has 0 spiro atoms. The third-order valence-electron chi connectivity index (χ3n) is 4.51. The second kappa shape index (κ2) is 5.82. The number of anilines is 1. The standard InChI is InChI=1S/C18H14ClN5O3/c1-8-15(19)9(2)24(22-8)11-5-3-10(4-6-11)23-13(25)7-12-14(16(23)20)18(27)21-17(12)26/h3-7H,20H2,1-2H3,(H,21,26,27). The summed E-state index contributed by atoms with van der Waals surface area (Å²) in [4.78, 5) is 36.2. The molecule has 1 aliphatic heterocycles. The minimum absolute atomic E-state index is 0.00680. The normalized spacial score (nSPS) is 13.0. The molecule has 0 unspecified atom stereocenters. The van der Waals surface area contributed by atoms with Crippen LogP contribution in [0.2, 0.25) is 5.02 Å². The average molecular weight is 384 g/mol. The van der Waals surface area contributed by atoms with Crippen LogP contribution in [0.3, 0.4) is 0 Å². The highest BCUT2D eigenvalue weighted by Gasteiger charge is 2.31. The lowest BCUT2D eigenvalue weighted by Crippen LogP contribution is -2.24. The fourth-order valence-corrected chi connectivity index (χ4v) is 3.28. The van der Waals surface area contributed by atoms with Crippen molar-refractivity contribution in [1.82, 2.24) is 19.7 Å². The molecular weight excluding hydrogens is 370 g/mol. The predicted octanol–water partition coefficient (Wildman–Crippen LogP) is 1.76. The highest BCUT2D eigenvalue weighted by molar-refractivity contribution is 6.31. The van der Waals surface area contributed by atoms with Crippen molar-refractivity contribution in [2.75, 3.05) is 5.73 Å². The van der Waals surface area contributed by atoms with E-state index in [0.717, 1.165) is 17.4 Å². The highest BCUT2D eigenvalue weighted by Crippen LogP contribution is 2.25. The SMILES string of the molecule is Cc1nn(-c2ccc(-n3c(N)c4c(cc3=O)C(=O)NC4=O)cc2)c(C)c1Cl. The summed E-state index contributed by atoms with van der Waals surface area (Å²) in [7, 11) is 0. The van der Waals surface area contributed by atoms with E-state index >= 15 is 0 Å². The van der Waals surface area contributed by atoms with E-state index in [1.54, 1.807) is 28.9 Å². The van der Waals surface area contributed by atoms with E-state index in [1.807, 2.05) is 13.8 Å². The first-order valence-electron chi connectivity index (χ1n) is 8.03. The number of carbonyl (C=O) groups is 2. The molecule has 4 rings (SSSR count). The number of aryl methyl sites for hydroxylation is 1. The number of carbonyl (C=O) groups excluding carboxylic acids is 2. The van der Waals surface area contributed by atoms with E-state index in [9.17, 15) is 14.4 Å². The maximum Gasteiger partial charge on any atom is 0.262 e. The lowest BCUT2D eigenvalue weighted by molar-refractivity contribution is 0.0880. The molecule has 0 atom stereocenters. The first kappa shape index (κ1) is 17.0. The number of nitrogens with zero attached hydrogens (tertiary/aromatic N) is 3. The number of rotatable bonds is 2. The van der Waals surface area contributed by atoms with Gasteiger partial charge in [0.1, 0.15) is 5.82 Å². The summed E-state index contributed by atoms with van der Waals surface area (Å²) < 4.78 is 2.89. The molecule has 0 saturated heterocycles. The van der Waals surface area contributed by atoms with Crippen molar-refractivity contribution in [3.8, 4) is 11.4 Å². The first-order chi connectivity index (χ1) is 12.8. The van der Waals surface area contributed by atoms with Crippen molar-refractivity contribution in [2.45, 2.75) is 13.8 Å². The molecule has 0 bridgehead atoms. The summed E-state index contributed by atoms with van der Waals surface area (Å²) >= 11 is 6.19. The number of fused-ring (bicyclic) bond motifs is 1. The predicted molar refractivity (Wildman–Crippen MR) is 99.9 cm³/mol. The number of hydrogen-bond donors (Lipinski definition) is 2. The Morgan fingerprint density at radius 2 is 1.67 bits per heavy atom. The van der Waals surface area contributed by atoms with Gasteiger partial charge in [-0.25, -0.2) is 4.68 Å². The van der Waals surface area contributed by atoms with Gasteiger partial charge >= 0.3 is 0 Å². The molecular formula is C18H14ClN5O3. The molecule has 2 aromatic heterocycles. The Hall–Kier alpha value is -3.39. The van der Waals surface area contributed by atoms with Gasteiger partial charge in [-0.3, -0.25) is 24.3 Å². The van der Waals surface area contributed by atoms with E-state index in [4.69, 9.17) is 17.3 Å². The summed E-state index contributed by atoms with van der Waals surface area (Å²) in [5.74, 6) is -1.32. The van der Waals surface area contributed by atoms with Gasteiger partial charge in [-0.15, -0.1) is 0 Å². The molecule has 8 nitrogen and oxygen atoms in total. The monoisotopic (exact) mass is 383 g/mol. The lowest BCUT2D eigenvalue weighted by Gasteiger charge is -2.12. The highest BCUT2D eigenvalue weighted by atomic mass is 35.5. The second-order valence-corrected chi connectivity index (χ2v) is 6.57. The molecule has 3 N–H and O–H groups in total. The van der Waals surface area contributed by atoms with E-state index in [-0.39, 0.29) is 16.9 Å². The first-order valence-corrected chi connectivity index (χ1v) is 8.41. The van der Waals surface area contributed by atoms with Crippen LogP contribution in [0.25, 0.3) is 11.4 Å². The van der Waals surface area contributed by atoms with Crippen LogP contribution in [0.15, 0.2) is 35.1 Å². The number of benzene rings is 1. The van der Waals surface area contributed by atoms with Crippen molar-refractivity contribution < 1.29 is 9.59 Å². The largest absolute Gasteiger partial charge is 0.384 e. The number of nitrogen functional groups attached to an aromatic ring is 1. The molecule has 3 heterocycles. The van der Waals surface area contributed by atoms with Crippen molar-refractivity contribution in [3.63, 3.8) is 0 Å². The smallest absolute Gasteiger partial charge is 0.262 e. The van der Waals surface area contributed by atoms with Gasteiger partial charge < -0.3 is 5.73 Å². The zero-order valence-corrected chi connectivity index (χ0v) is 15.2. The Kier molecular flexibility index (Phi) is 3.67. The van der Waals surface area contributed by atoms with Gasteiger partial charge in [-0.2, -0.15) is 5.10 Å². The maximum absolute atomic E-state index is 12.5. The minimum atomic E-state index is -0.622. The molecule has 1 aromatic carbocycles. The van der Waals surface area contributed by atoms with Crippen molar-refractivity contribution in [2.24, 2.45) is 0 Å². The third-order valence-corrected chi connectivity index (χ3v) is 5.06. The molecule has 9 heteroatoms. The second-order valence-electron chi connectivity index (χ2n) is 6.19. The van der Waals surface area contributed by atoms with E-state index in [1.165, 1.54) is 4.57 Å². The quantitative estimate of drug-likeness (QED) is 0.655. The summed E-state index contributed by atoms with van der Waals surface area (Å²) in [5.41, 5.74) is 8.26. The van der Waals surface area contributed by atoms with Crippen LogP contribution in [-0.4, -0.2) is 26.2 Å². The fourth-order valence-electron chi connectivity index (χ4n) is 3.16. The van der Waals surface area contributed by atoms with Gasteiger partial charge in [-0.1, -0.05) is 11.6 Å². The van der Waals surface area contributed by atoms with E-state index in [0.29, 0.717) is 16.4 Å². The van der Waals surface area contributed by atoms with Gasteiger partial charge in [0.15, 0.2) is 0 Å². The molecule has 1 aliphatic rings. The van der Waals surface area contributed by atoms with Gasteiger partial charge in [0, 0.05) is 6.07 Å². The summed E-state index contributed by atoms with van der Waals surface area (Å²) in [6, 6.07) is 7.99. The zero-order valence-electron chi connectivity index (χ0n) is 14.4. The molecule has 0 saturated carbocycles. The summed E-state index contributed by atoms with van der Waals surface area (Å²) in [6.45, 7) is 3.67. The van der Waals surface area contributed by atoms with Gasteiger partial charge in [0.05, 0.1) is 38.9 Å². The number of pyridine rings is 1. The van der Waals surface area contributed by atoms with Crippen LogP contribution in [0, 0.1) is 13.8 Å². The number of halogens is 1. The Labute approximate surface area is 158 Å². The Balaban J connectivity index is 1.83. The molecule has 3 aromatic rings. The number of aromatic nitrogens is 3. The van der Waals surface area contributed by atoms with Crippen LogP contribution in [0.4, 0.5) is 5.82 Å². The maximum atomic E-state index is 12.5.